The Hall–Kier alpha value is 0.415. The molecule has 0 aromatic carbocycles. The van der Waals surface area contributed by atoms with Crippen LogP contribution in [0.5, 0.6) is 0 Å². The largest absolute Gasteiger partial charge is 0.774 e. The summed E-state index contributed by atoms with van der Waals surface area (Å²) in [6, 6.07) is 0. The highest BCUT2D eigenvalue weighted by atomic mass is 31.3. The van der Waals surface area contributed by atoms with Crippen LogP contribution in [0.2, 0.25) is 0 Å². The number of hydrogen-bond acceptors (Lipinski definition) is 7. The number of alkyl halides is 2. The minimum atomic E-state index is -6.60. The number of hydrogen-bond donors (Lipinski definition) is 1. The van der Waals surface area contributed by atoms with E-state index in [2.05, 4.69) is 16.4 Å². The maximum absolute atomic E-state index is 12.6. The van der Waals surface area contributed by atoms with Gasteiger partial charge in [-0.05, 0) is 0 Å². The molecule has 0 spiro atoms. The van der Waals surface area contributed by atoms with Gasteiger partial charge in [0.1, 0.15) is 0 Å². The van der Waals surface area contributed by atoms with E-state index >= 15 is 0 Å². The summed E-state index contributed by atoms with van der Waals surface area (Å²) in [6.07, 6.45) is 0. The predicted octanol–water partition coefficient (Wildman–Crippen LogP) is -0.425. The molecule has 0 bridgehead atoms. The van der Waals surface area contributed by atoms with Crippen molar-refractivity contribution in [1.29, 1.82) is 0 Å². The first-order valence-corrected chi connectivity index (χ1v) is 7.88. The standard InChI is InChI=1S/C2H6BF2O8P3/c1-12-16(3,11)13-15(9,10)2(4,5)14(6,7)8/h1H3,(H,9,10)(H2,6,7,8)/q-1/p-2. The van der Waals surface area contributed by atoms with Crippen LogP contribution in [0.3, 0.4) is 0 Å². The fraction of sp³-hybridized carbons (Fsp3) is 1.00. The highest BCUT2D eigenvalue weighted by Gasteiger charge is 2.53. The number of rotatable bonds is 5. The second-order valence-corrected chi connectivity index (χ2v) is 7.94. The average Bonchev–Trinajstić information content (AvgIpc) is 2.00. The molecular formula is C2H4BF2O8P3-3. The Morgan fingerprint density at radius 2 is 1.69 bits per heavy atom. The Kier molecular flexibility index (Phi) is 4.71. The topological polar surface area (TPSA) is 136 Å². The van der Waals surface area contributed by atoms with E-state index < -0.39 is 28.1 Å². The monoisotopic (exact) mass is 298 g/mol. The van der Waals surface area contributed by atoms with Gasteiger partial charge in [-0.3, -0.25) is 4.31 Å². The van der Waals surface area contributed by atoms with Crippen molar-refractivity contribution in [3.63, 3.8) is 0 Å². The molecule has 14 heteroatoms. The molecule has 0 rings (SSSR count). The Morgan fingerprint density at radius 1 is 1.31 bits per heavy atom. The van der Waals surface area contributed by atoms with Gasteiger partial charge in [0.05, 0.1) is 7.47 Å². The lowest BCUT2D eigenvalue weighted by Crippen LogP contribution is -2.29. The maximum Gasteiger partial charge on any atom is 0.368 e. The Labute approximate surface area is 89.5 Å². The highest BCUT2D eigenvalue weighted by molar-refractivity contribution is 7.85. The van der Waals surface area contributed by atoms with Crippen LogP contribution in [0.4, 0.5) is 8.78 Å². The van der Waals surface area contributed by atoms with Crippen LogP contribution in [-0.4, -0.2) is 25.0 Å². The zero-order valence-corrected chi connectivity index (χ0v) is 10.2. The third-order valence-corrected chi connectivity index (χ3v) is 6.26. The smallest absolute Gasteiger partial charge is 0.368 e. The fourth-order valence-electron chi connectivity index (χ4n) is 0.387. The molecule has 95 valence electrons. The van der Waals surface area contributed by atoms with Crippen molar-refractivity contribution in [2.45, 2.75) is 5.40 Å². The molecule has 0 amide bonds. The Bertz CT molecular complexity index is 402. The van der Waals surface area contributed by atoms with Crippen LogP contribution in [0.15, 0.2) is 0 Å². The molecule has 0 saturated heterocycles. The lowest BCUT2D eigenvalue weighted by atomic mass is 10.8. The normalized spacial score (nSPS) is 24.2. The van der Waals surface area contributed by atoms with Gasteiger partial charge in [-0.15, -0.1) is 0 Å². The first kappa shape index (κ1) is 16.4. The van der Waals surface area contributed by atoms with Gasteiger partial charge in [-0.1, -0.05) is 0 Å². The van der Waals surface area contributed by atoms with E-state index in [1.165, 1.54) is 0 Å². The van der Waals surface area contributed by atoms with E-state index in [0.29, 0.717) is 7.11 Å². The zero-order chi connectivity index (χ0) is 13.4. The van der Waals surface area contributed by atoms with E-state index in [0.717, 1.165) is 0 Å². The fourth-order valence-corrected chi connectivity index (χ4v) is 3.81. The van der Waals surface area contributed by atoms with Gasteiger partial charge in [0.2, 0.25) is 15.2 Å². The van der Waals surface area contributed by atoms with Crippen molar-refractivity contribution < 1.29 is 46.0 Å². The molecule has 3 atom stereocenters. The van der Waals surface area contributed by atoms with Crippen molar-refractivity contribution in [2.75, 3.05) is 7.11 Å². The third-order valence-electron chi connectivity index (χ3n) is 1.15. The molecule has 0 aromatic rings. The van der Waals surface area contributed by atoms with Gasteiger partial charge < -0.3 is 40.5 Å². The van der Waals surface area contributed by atoms with Crippen molar-refractivity contribution in [3.05, 3.63) is 0 Å². The predicted molar refractivity (Wildman–Crippen MR) is 43.8 cm³/mol. The Balaban J connectivity index is 5.32. The van der Waals surface area contributed by atoms with Crippen LogP contribution in [-0.2, 0) is 22.5 Å². The Morgan fingerprint density at radius 3 is 1.94 bits per heavy atom. The van der Waals surface area contributed by atoms with Gasteiger partial charge in [0.25, 0.3) is 0 Å². The quantitative estimate of drug-likeness (QED) is 0.533. The molecule has 1 N–H and O–H groups in total. The molecule has 0 aromatic heterocycles. The molecule has 0 aliphatic heterocycles. The second-order valence-electron chi connectivity index (χ2n) is 2.33. The summed E-state index contributed by atoms with van der Waals surface area (Å²) in [5, 5.41) is -5.66. The molecular weight excluding hydrogens is 294 g/mol. The summed E-state index contributed by atoms with van der Waals surface area (Å²) in [6.45, 7) is 0. The summed E-state index contributed by atoms with van der Waals surface area (Å²) in [5.74, 6) is 0. The zero-order valence-electron chi connectivity index (χ0n) is 7.48. The summed E-state index contributed by atoms with van der Waals surface area (Å²) < 4.78 is 63.6. The van der Waals surface area contributed by atoms with E-state index in [1.54, 1.807) is 0 Å². The summed E-state index contributed by atoms with van der Waals surface area (Å²) in [7, 11) is -13.0. The highest BCUT2D eigenvalue weighted by Crippen LogP contribution is 2.73. The number of halogens is 2. The van der Waals surface area contributed by atoms with Gasteiger partial charge in [-0.2, -0.15) is 8.78 Å². The van der Waals surface area contributed by atoms with Crippen LogP contribution >= 0.6 is 22.7 Å². The van der Waals surface area contributed by atoms with Crippen LogP contribution in [0, 0.1) is 0 Å². The van der Waals surface area contributed by atoms with E-state index in [9.17, 15) is 32.3 Å². The van der Waals surface area contributed by atoms with Gasteiger partial charge in [0.15, 0.2) is 0 Å². The molecule has 0 aliphatic rings. The first-order valence-electron chi connectivity index (χ1n) is 3.15. The maximum atomic E-state index is 12.6. The van der Waals surface area contributed by atoms with Crippen molar-refractivity contribution in [3.8, 4) is 0 Å². The summed E-state index contributed by atoms with van der Waals surface area (Å²) in [4.78, 5) is 28.7. The second kappa shape index (κ2) is 4.59. The van der Waals surface area contributed by atoms with E-state index in [1.807, 2.05) is 0 Å². The first-order chi connectivity index (χ1) is 6.77. The SMILES string of the molecule is [B-]P(=O)(OC)OP(=O)([O-])C(F)(F)P(=O)([O-])O. The van der Waals surface area contributed by atoms with E-state index in [-0.39, 0.29) is 0 Å². The average molecular weight is 298 g/mol. The third kappa shape index (κ3) is 3.45. The molecule has 0 aliphatic carbocycles. The molecule has 0 saturated carbocycles. The van der Waals surface area contributed by atoms with E-state index in [4.69, 9.17) is 4.89 Å². The minimum absolute atomic E-state index is 0.578. The molecule has 0 heterocycles. The van der Waals surface area contributed by atoms with Crippen molar-refractivity contribution in [1.82, 2.24) is 0 Å². The lowest BCUT2D eigenvalue weighted by Gasteiger charge is -2.40. The molecule has 0 fully saturated rings. The van der Waals surface area contributed by atoms with Crippen LogP contribution < -0.4 is 9.79 Å². The lowest BCUT2D eigenvalue weighted by molar-refractivity contribution is -0.229. The van der Waals surface area contributed by atoms with Gasteiger partial charge >= 0.3 is 5.40 Å². The molecule has 8 nitrogen and oxygen atoms in total. The minimum Gasteiger partial charge on any atom is -0.774 e. The van der Waals surface area contributed by atoms with Crippen molar-refractivity contribution >= 4 is 30.2 Å². The molecule has 16 heavy (non-hydrogen) atoms. The van der Waals surface area contributed by atoms with Gasteiger partial charge in [0, 0.05) is 7.11 Å². The van der Waals surface area contributed by atoms with Crippen molar-refractivity contribution in [2.24, 2.45) is 0 Å². The summed E-state index contributed by atoms with van der Waals surface area (Å²) in [5.41, 5.74) is 0. The van der Waals surface area contributed by atoms with Crippen LogP contribution in [0.1, 0.15) is 0 Å². The molecule has 3 unspecified atom stereocenters. The molecule has 3 radical (unpaired) electrons. The van der Waals surface area contributed by atoms with Gasteiger partial charge in [-0.25, -0.2) is 0 Å². The van der Waals surface area contributed by atoms with Crippen LogP contribution in [0.25, 0.3) is 0 Å². The summed E-state index contributed by atoms with van der Waals surface area (Å²) >= 11 is 0.